The molecule has 0 bridgehead atoms. The van der Waals surface area contributed by atoms with E-state index in [1.54, 1.807) is 26.0 Å². The highest BCUT2D eigenvalue weighted by molar-refractivity contribution is 7.92. The Bertz CT molecular complexity index is 1140. The van der Waals surface area contributed by atoms with Crippen LogP contribution in [0.15, 0.2) is 54.6 Å². The smallest absolute Gasteiger partial charge is 0.307 e. The first-order valence-electron chi connectivity index (χ1n) is 10.6. The normalized spacial score (nSPS) is 13.6. The molecule has 2 aromatic carbocycles. The molecule has 7 nitrogen and oxygen atoms in total. The summed E-state index contributed by atoms with van der Waals surface area (Å²) in [5.74, 6) is -6.63. The molecular formula is C24H28F2N2O5S. The average molecular weight is 495 g/mol. The molecular weight excluding hydrogens is 466 g/mol. The van der Waals surface area contributed by atoms with Crippen LogP contribution in [0.5, 0.6) is 0 Å². The Kier molecular flexibility index (Phi) is 9.31. The van der Waals surface area contributed by atoms with Crippen molar-refractivity contribution in [3.8, 4) is 0 Å². The summed E-state index contributed by atoms with van der Waals surface area (Å²) < 4.78 is 52.5. The highest BCUT2D eigenvalue weighted by Gasteiger charge is 2.36. The van der Waals surface area contributed by atoms with Crippen molar-refractivity contribution >= 4 is 33.7 Å². The Hall–Kier alpha value is -3.27. The molecule has 0 heterocycles. The summed E-state index contributed by atoms with van der Waals surface area (Å²) in [4.78, 5) is 25.2. The third kappa shape index (κ3) is 7.65. The number of aliphatic carboxylic acids is 1. The molecule has 0 aliphatic carbocycles. The van der Waals surface area contributed by atoms with E-state index in [4.69, 9.17) is 0 Å². The lowest BCUT2D eigenvalue weighted by Gasteiger charge is -2.29. The molecule has 0 spiro atoms. The zero-order valence-corrected chi connectivity index (χ0v) is 19.9. The van der Waals surface area contributed by atoms with Crippen LogP contribution in [0.2, 0.25) is 0 Å². The number of carbonyl (C=O) groups is 2. The second-order valence-electron chi connectivity index (χ2n) is 8.33. The third-order valence-corrected chi connectivity index (χ3v) is 5.99. The molecule has 2 aromatic rings. The van der Waals surface area contributed by atoms with Crippen LogP contribution in [-0.4, -0.2) is 31.7 Å². The van der Waals surface area contributed by atoms with Crippen molar-refractivity contribution < 1.29 is 31.9 Å². The Balaban J connectivity index is 2.35. The van der Waals surface area contributed by atoms with Crippen molar-refractivity contribution in [1.29, 1.82) is 0 Å². The van der Waals surface area contributed by atoms with E-state index < -0.39 is 51.1 Å². The van der Waals surface area contributed by atoms with Gasteiger partial charge in [-0.2, -0.15) is 4.41 Å². The first-order chi connectivity index (χ1) is 15.9. The predicted octanol–water partition coefficient (Wildman–Crippen LogP) is 4.23. The van der Waals surface area contributed by atoms with Gasteiger partial charge in [0.15, 0.2) is 5.82 Å². The van der Waals surface area contributed by atoms with Gasteiger partial charge < -0.3 is 5.11 Å². The zero-order chi connectivity index (χ0) is 25.5. The van der Waals surface area contributed by atoms with Gasteiger partial charge in [0.25, 0.3) is 0 Å². The molecule has 1 amide bonds. The van der Waals surface area contributed by atoms with Crippen molar-refractivity contribution in [2.45, 2.75) is 26.7 Å². The second kappa shape index (κ2) is 11.7. The number of allylic oxidation sites excluding steroid dienone is 1. The Labute approximate surface area is 198 Å². The lowest BCUT2D eigenvalue weighted by Crippen LogP contribution is -2.50. The fraction of sp³-hybridized carbons (Fsp3) is 0.333. The Morgan fingerprint density at radius 2 is 1.74 bits per heavy atom. The van der Waals surface area contributed by atoms with Crippen LogP contribution in [-0.2, 0) is 19.6 Å². The fourth-order valence-corrected chi connectivity index (χ4v) is 4.23. The minimum atomic E-state index is -4.23. The first-order valence-corrected chi connectivity index (χ1v) is 12.4. The molecule has 34 heavy (non-hydrogen) atoms. The number of benzene rings is 2. The lowest BCUT2D eigenvalue weighted by atomic mass is 9.82. The van der Waals surface area contributed by atoms with Gasteiger partial charge in [-0.3, -0.25) is 15.0 Å². The molecule has 2 atom stereocenters. The van der Waals surface area contributed by atoms with Crippen molar-refractivity contribution in [1.82, 2.24) is 5.43 Å². The SMILES string of the molecule is CC(C)C[C@@H](C(=O)NN(c1ccc(F)cc1F)S(C)(=O)=O)[C@H](C/C=C/c1ccccc1)C(=O)O. The fourth-order valence-electron chi connectivity index (χ4n) is 3.46. The molecule has 0 fully saturated rings. The molecule has 184 valence electrons. The summed E-state index contributed by atoms with van der Waals surface area (Å²) in [5, 5.41) is 9.84. The number of nitrogens with zero attached hydrogens (tertiary/aromatic N) is 1. The lowest BCUT2D eigenvalue weighted by molar-refractivity contribution is -0.147. The number of amides is 1. The number of carboxylic acids is 1. The summed E-state index contributed by atoms with van der Waals surface area (Å²) >= 11 is 0. The van der Waals surface area contributed by atoms with Crippen LogP contribution in [0, 0.1) is 29.4 Å². The quantitative estimate of drug-likeness (QED) is 0.455. The van der Waals surface area contributed by atoms with E-state index in [2.05, 4.69) is 5.43 Å². The van der Waals surface area contributed by atoms with Gasteiger partial charge in [-0.1, -0.05) is 56.3 Å². The van der Waals surface area contributed by atoms with Crippen molar-refractivity contribution in [2.75, 3.05) is 10.7 Å². The molecule has 0 unspecified atom stereocenters. The van der Waals surface area contributed by atoms with E-state index in [1.807, 2.05) is 30.3 Å². The van der Waals surface area contributed by atoms with E-state index in [-0.39, 0.29) is 18.8 Å². The number of sulfonamides is 1. The van der Waals surface area contributed by atoms with Gasteiger partial charge >= 0.3 is 5.97 Å². The molecule has 2 rings (SSSR count). The summed E-state index contributed by atoms with van der Waals surface area (Å²) in [5.41, 5.74) is 2.41. The number of hydrazine groups is 1. The summed E-state index contributed by atoms with van der Waals surface area (Å²) in [6, 6.07) is 11.4. The molecule has 0 saturated heterocycles. The van der Waals surface area contributed by atoms with Crippen molar-refractivity contribution in [2.24, 2.45) is 17.8 Å². The molecule has 2 N–H and O–H groups in total. The van der Waals surface area contributed by atoms with Crippen LogP contribution in [0.4, 0.5) is 14.5 Å². The Morgan fingerprint density at radius 3 is 2.26 bits per heavy atom. The van der Waals surface area contributed by atoms with E-state index in [0.29, 0.717) is 10.5 Å². The second-order valence-corrected chi connectivity index (χ2v) is 10.2. The number of carboxylic acid groups (broad SMARTS) is 1. The van der Waals surface area contributed by atoms with Gasteiger partial charge in [0, 0.05) is 6.07 Å². The van der Waals surface area contributed by atoms with E-state index >= 15 is 0 Å². The van der Waals surface area contributed by atoms with E-state index in [9.17, 15) is 31.9 Å². The van der Waals surface area contributed by atoms with Crippen molar-refractivity contribution in [3.05, 3.63) is 71.8 Å². The summed E-state index contributed by atoms with van der Waals surface area (Å²) in [7, 11) is -4.23. The summed E-state index contributed by atoms with van der Waals surface area (Å²) in [6.07, 6.45) is 4.27. The molecule has 10 heteroatoms. The van der Waals surface area contributed by atoms with Gasteiger partial charge in [0.2, 0.25) is 15.9 Å². The maximum Gasteiger partial charge on any atom is 0.307 e. The first kappa shape index (κ1) is 27.0. The van der Waals surface area contributed by atoms with Crippen LogP contribution >= 0.6 is 0 Å². The maximum absolute atomic E-state index is 14.3. The zero-order valence-electron chi connectivity index (χ0n) is 19.1. The number of hydrogen-bond acceptors (Lipinski definition) is 4. The van der Waals surface area contributed by atoms with E-state index in [0.717, 1.165) is 24.0 Å². The van der Waals surface area contributed by atoms with Gasteiger partial charge in [0.05, 0.1) is 18.1 Å². The summed E-state index contributed by atoms with van der Waals surface area (Å²) in [6.45, 7) is 3.60. The standard InChI is InChI=1S/C24H28F2N2O5S/c1-16(2)14-20(19(24(30)31)11-7-10-17-8-5-4-6-9-17)23(29)27-28(34(3,32)33)22-13-12-18(25)15-21(22)26/h4-10,12-13,15-16,19-20H,11,14H2,1-3H3,(H,27,29)(H,30,31)/b10-7+/t19-,20+/m0/s1. The number of halogens is 2. The number of anilines is 1. The molecule has 0 aromatic heterocycles. The monoisotopic (exact) mass is 494 g/mol. The minimum absolute atomic E-state index is 0.0127. The van der Waals surface area contributed by atoms with E-state index in [1.165, 1.54) is 0 Å². The largest absolute Gasteiger partial charge is 0.481 e. The van der Waals surface area contributed by atoms with Gasteiger partial charge in [-0.15, -0.1) is 0 Å². The predicted molar refractivity (Wildman–Crippen MR) is 126 cm³/mol. The van der Waals surface area contributed by atoms with Crippen LogP contribution in [0.3, 0.4) is 0 Å². The number of nitrogens with one attached hydrogen (secondary N) is 1. The Morgan fingerprint density at radius 1 is 1.09 bits per heavy atom. The van der Waals surface area contributed by atoms with Crippen molar-refractivity contribution in [3.63, 3.8) is 0 Å². The number of carbonyl (C=O) groups excluding carboxylic acids is 1. The molecule has 0 saturated carbocycles. The molecule has 0 radical (unpaired) electrons. The number of rotatable bonds is 11. The molecule has 0 aliphatic heterocycles. The third-order valence-electron chi connectivity index (χ3n) is 5.04. The topological polar surface area (TPSA) is 104 Å². The average Bonchev–Trinajstić information content (AvgIpc) is 2.73. The highest BCUT2D eigenvalue weighted by Crippen LogP contribution is 2.27. The highest BCUT2D eigenvalue weighted by atomic mass is 32.2. The number of hydrogen-bond donors (Lipinski definition) is 2. The van der Waals surface area contributed by atoms with Crippen LogP contribution < -0.4 is 9.84 Å². The van der Waals surface area contributed by atoms with Gasteiger partial charge in [0.1, 0.15) is 11.5 Å². The van der Waals surface area contributed by atoms with Crippen LogP contribution in [0.1, 0.15) is 32.3 Å². The molecule has 0 aliphatic rings. The van der Waals surface area contributed by atoms with Crippen LogP contribution in [0.25, 0.3) is 6.08 Å². The van der Waals surface area contributed by atoms with Gasteiger partial charge in [-0.25, -0.2) is 17.2 Å². The maximum atomic E-state index is 14.3. The van der Waals surface area contributed by atoms with Gasteiger partial charge in [-0.05, 0) is 36.5 Å². The minimum Gasteiger partial charge on any atom is -0.481 e.